The molecule has 4 rings (SSSR count). The number of ketones is 1. The molecule has 166 valence electrons. The van der Waals surface area contributed by atoms with Gasteiger partial charge in [-0.2, -0.15) is 0 Å². The molecular formula is C23H27NO7. The number of rotatable bonds is 8. The largest absolute Gasteiger partial charge is 0.493 e. The maximum atomic E-state index is 13.5. The number of fused-ring (bicyclic) bond motifs is 1. The number of methoxy groups -OCH3 is 3. The first-order chi connectivity index (χ1) is 15.1. The molecule has 2 aliphatic rings. The van der Waals surface area contributed by atoms with E-state index in [0.717, 1.165) is 5.56 Å². The highest BCUT2D eigenvalue weighted by molar-refractivity contribution is 6.03. The Morgan fingerprint density at radius 1 is 1.10 bits per heavy atom. The summed E-state index contributed by atoms with van der Waals surface area (Å²) < 4.78 is 27.2. The van der Waals surface area contributed by atoms with Gasteiger partial charge in [-0.05, 0) is 42.7 Å². The van der Waals surface area contributed by atoms with Crippen LogP contribution in [0.25, 0.3) is 0 Å². The molecule has 2 N–H and O–H groups in total. The molecule has 8 nitrogen and oxygen atoms in total. The van der Waals surface area contributed by atoms with E-state index in [2.05, 4.69) is 5.32 Å². The molecule has 1 fully saturated rings. The van der Waals surface area contributed by atoms with Gasteiger partial charge in [-0.15, -0.1) is 0 Å². The lowest BCUT2D eigenvalue weighted by atomic mass is 9.75. The first-order valence-corrected chi connectivity index (χ1v) is 10.1. The van der Waals surface area contributed by atoms with Gasteiger partial charge in [0.25, 0.3) is 0 Å². The summed E-state index contributed by atoms with van der Waals surface area (Å²) in [5.74, 6) is 2.51. The lowest BCUT2D eigenvalue weighted by Crippen LogP contribution is -2.31. The second-order valence-electron chi connectivity index (χ2n) is 7.71. The number of carbonyl (C=O) groups excluding carboxylic acids is 1. The van der Waals surface area contributed by atoms with E-state index in [-0.39, 0.29) is 19.2 Å². The minimum Gasteiger partial charge on any atom is -0.493 e. The number of ether oxygens (including phenoxy) is 5. The Hall–Kier alpha value is -2.97. The summed E-state index contributed by atoms with van der Waals surface area (Å²) >= 11 is 0. The number of nitrogens with one attached hydrogen (secondary N) is 1. The lowest BCUT2D eigenvalue weighted by Gasteiger charge is -2.28. The summed E-state index contributed by atoms with van der Waals surface area (Å²) in [5, 5.41) is 13.1. The van der Waals surface area contributed by atoms with Crippen molar-refractivity contribution in [1.29, 1.82) is 0 Å². The normalized spacial score (nSPS) is 21.7. The van der Waals surface area contributed by atoms with Crippen molar-refractivity contribution in [3.63, 3.8) is 0 Å². The molecular weight excluding hydrogens is 402 g/mol. The van der Waals surface area contributed by atoms with Gasteiger partial charge in [-0.25, -0.2) is 0 Å². The van der Waals surface area contributed by atoms with Gasteiger partial charge in [0.15, 0.2) is 28.8 Å². The van der Waals surface area contributed by atoms with Gasteiger partial charge in [0.1, 0.15) is 0 Å². The summed E-state index contributed by atoms with van der Waals surface area (Å²) in [7, 11) is 4.54. The minimum absolute atomic E-state index is 0.0106. The molecule has 0 bridgehead atoms. The highest BCUT2D eigenvalue weighted by atomic mass is 16.7. The molecule has 0 amide bonds. The summed E-state index contributed by atoms with van der Waals surface area (Å²) in [6.07, 6.45) is 1.05. The van der Waals surface area contributed by atoms with Gasteiger partial charge in [0.2, 0.25) is 12.5 Å². The van der Waals surface area contributed by atoms with Crippen molar-refractivity contribution in [3.8, 4) is 28.7 Å². The highest BCUT2D eigenvalue weighted by Crippen LogP contribution is 2.44. The molecule has 0 radical (unpaired) electrons. The molecule has 2 unspecified atom stereocenters. The number of aliphatic hydroxyl groups is 1. The average Bonchev–Trinajstić information content (AvgIpc) is 3.45. The smallest absolute Gasteiger partial charge is 0.231 e. The van der Waals surface area contributed by atoms with Crippen LogP contribution >= 0.6 is 0 Å². The maximum Gasteiger partial charge on any atom is 0.231 e. The highest BCUT2D eigenvalue weighted by Gasteiger charge is 2.44. The number of hydrogen-bond donors (Lipinski definition) is 2. The van der Waals surface area contributed by atoms with Crippen molar-refractivity contribution in [2.45, 2.75) is 24.3 Å². The zero-order valence-corrected chi connectivity index (χ0v) is 17.9. The Morgan fingerprint density at radius 3 is 2.58 bits per heavy atom. The topological polar surface area (TPSA) is 95.5 Å². The van der Waals surface area contributed by atoms with E-state index in [1.807, 2.05) is 18.2 Å². The van der Waals surface area contributed by atoms with E-state index >= 15 is 0 Å². The van der Waals surface area contributed by atoms with E-state index in [0.29, 0.717) is 53.7 Å². The molecule has 1 saturated heterocycles. The van der Waals surface area contributed by atoms with Crippen molar-refractivity contribution in [2.24, 2.45) is 0 Å². The van der Waals surface area contributed by atoms with Crippen molar-refractivity contribution in [3.05, 3.63) is 41.5 Å². The molecule has 2 atom stereocenters. The number of benzene rings is 2. The van der Waals surface area contributed by atoms with E-state index in [9.17, 15) is 9.90 Å². The first-order valence-electron chi connectivity index (χ1n) is 10.1. The van der Waals surface area contributed by atoms with E-state index in [1.165, 1.54) is 21.3 Å². The Balaban J connectivity index is 1.64. The Morgan fingerprint density at radius 2 is 1.87 bits per heavy atom. The second kappa shape index (κ2) is 8.64. The van der Waals surface area contributed by atoms with Gasteiger partial charge in [0.05, 0.1) is 32.9 Å². The van der Waals surface area contributed by atoms with Crippen LogP contribution in [0.2, 0.25) is 0 Å². The summed E-state index contributed by atoms with van der Waals surface area (Å²) in [5.41, 5.74) is 1.02. The Labute approximate surface area is 181 Å². The summed E-state index contributed by atoms with van der Waals surface area (Å²) in [6.45, 7) is 0.764. The van der Waals surface area contributed by atoms with Crippen LogP contribution in [0.15, 0.2) is 30.3 Å². The van der Waals surface area contributed by atoms with Crippen molar-refractivity contribution in [2.75, 3.05) is 41.3 Å². The lowest BCUT2D eigenvalue weighted by molar-refractivity contribution is 0.0944. The van der Waals surface area contributed by atoms with Crippen LogP contribution in [0, 0.1) is 0 Å². The predicted octanol–water partition coefficient (Wildman–Crippen LogP) is 2.31. The molecule has 0 aliphatic carbocycles. The molecule has 31 heavy (non-hydrogen) atoms. The molecule has 0 aromatic heterocycles. The third kappa shape index (κ3) is 3.66. The third-order valence-corrected chi connectivity index (χ3v) is 6.14. The van der Waals surface area contributed by atoms with Crippen LogP contribution < -0.4 is 29.0 Å². The molecule has 2 aromatic rings. The van der Waals surface area contributed by atoms with Crippen LogP contribution in [-0.2, 0) is 5.41 Å². The third-order valence-electron chi connectivity index (χ3n) is 6.14. The average molecular weight is 429 g/mol. The predicted molar refractivity (Wildman–Crippen MR) is 113 cm³/mol. The molecule has 2 aromatic carbocycles. The SMILES string of the molecule is COc1ccc(C(=O)C2CC(CCO)(c3ccc4c(c3)OCO4)CN2)c(OC)c1OC. The van der Waals surface area contributed by atoms with Crippen molar-refractivity contribution >= 4 is 5.78 Å². The fraction of sp³-hybridized carbons (Fsp3) is 0.435. The van der Waals surface area contributed by atoms with Gasteiger partial charge >= 0.3 is 0 Å². The van der Waals surface area contributed by atoms with Gasteiger partial charge < -0.3 is 34.1 Å². The van der Waals surface area contributed by atoms with Crippen LogP contribution in [0.3, 0.4) is 0 Å². The molecule has 2 heterocycles. The molecule has 8 heteroatoms. The fourth-order valence-corrected chi connectivity index (χ4v) is 4.52. The van der Waals surface area contributed by atoms with Crippen molar-refractivity contribution in [1.82, 2.24) is 5.32 Å². The number of hydrogen-bond acceptors (Lipinski definition) is 8. The number of Topliss-reactive ketones (excluding diaryl/α,β-unsaturated/α-hetero) is 1. The second-order valence-corrected chi connectivity index (χ2v) is 7.71. The standard InChI is InChI=1S/C23H27NO7/c1-27-18-7-5-15(21(28-2)22(18)29-3)20(26)16-11-23(8-9-25,12-24-16)14-4-6-17-19(10-14)31-13-30-17/h4-7,10,16,24-25H,8-9,11-13H2,1-3H3. The fourth-order valence-electron chi connectivity index (χ4n) is 4.52. The summed E-state index contributed by atoms with van der Waals surface area (Å²) in [4.78, 5) is 13.5. The zero-order chi connectivity index (χ0) is 22.0. The summed E-state index contributed by atoms with van der Waals surface area (Å²) in [6, 6.07) is 8.75. The number of aliphatic hydroxyl groups excluding tert-OH is 1. The minimum atomic E-state index is -0.441. The zero-order valence-electron chi connectivity index (χ0n) is 17.9. The molecule has 2 aliphatic heterocycles. The molecule has 0 saturated carbocycles. The van der Waals surface area contributed by atoms with Crippen LogP contribution in [-0.4, -0.2) is 58.2 Å². The van der Waals surface area contributed by atoms with Gasteiger partial charge in [-0.3, -0.25) is 4.79 Å². The molecule has 0 spiro atoms. The van der Waals surface area contributed by atoms with Crippen LogP contribution in [0.4, 0.5) is 0 Å². The maximum absolute atomic E-state index is 13.5. The van der Waals surface area contributed by atoms with Gasteiger partial charge in [-0.1, -0.05) is 6.07 Å². The van der Waals surface area contributed by atoms with Crippen molar-refractivity contribution < 1.29 is 33.6 Å². The number of carbonyl (C=O) groups is 1. The quantitative estimate of drug-likeness (QED) is 0.618. The van der Waals surface area contributed by atoms with Crippen LogP contribution in [0.5, 0.6) is 28.7 Å². The van der Waals surface area contributed by atoms with E-state index < -0.39 is 11.5 Å². The Kier molecular flexibility index (Phi) is 5.93. The van der Waals surface area contributed by atoms with E-state index in [4.69, 9.17) is 23.7 Å². The first kappa shape index (κ1) is 21.3. The van der Waals surface area contributed by atoms with Gasteiger partial charge in [0, 0.05) is 18.6 Å². The monoisotopic (exact) mass is 429 g/mol. The van der Waals surface area contributed by atoms with E-state index in [1.54, 1.807) is 12.1 Å². The Bertz CT molecular complexity index is 977. The van der Waals surface area contributed by atoms with Crippen LogP contribution in [0.1, 0.15) is 28.8 Å².